The first kappa shape index (κ1) is 11.8. The van der Waals surface area contributed by atoms with E-state index < -0.39 is 15.9 Å². The Morgan fingerprint density at radius 2 is 2.25 bits per heavy atom. The smallest absolute Gasteiger partial charge is 0.253 e. The maximum Gasteiger partial charge on any atom is 0.253 e. The van der Waals surface area contributed by atoms with Gasteiger partial charge in [-0.1, -0.05) is 0 Å². The van der Waals surface area contributed by atoms with Crippen molar-refractivity contribution in [3.05, 3.63) is 0 Å². The minimum Gasteiger partial charge on any atom is -0.365 e. The van der Waals surface area contributed by atoms with Crippen LogP contribution in [0.4, 0.5) is 0 Å². The summed E-state index contributed by atoms with van der Waals surface area (Å²) >= 11 is 0. The van der Waals surface area contributed by atoms with E-state index in [1.54, 1.807) is 4.90 Å². The molecule has 2 atom stereocenters. The third kappa shape index (κ3) is 2.21. The summed E-state index contributed by atoms with van der Waals surface area (Å²) in [5.74, 6) is 0.0851. The number of ether oxygens (including phenoxy) is 1. The zero-order valence-corrected chi connectivity index (χ0v) is 9.78. The first-order chi connectivity index (χ1) is 7.53. The highest BCUT2D eigenvalue weighted by Gasteiger charge is 2.38. The highest BCUT2D eigenvalue weighted by Crippen LogP contribution is 2.20. The minimum absolute atomic E-state index is 0.0794. The average molecular weight is 248 g/mol. The molecule has 2 unspecified atom stereocenters. The van der Waals surface area contributed by atoms with E-state index in [-0.39, 0.29) is 30.0 Å². The SMILES string of the molecule is NCC1OCCN(C2CCS(=O)(=O)C2)C1=O. The van der Waals surface area contributed by atoms with Gasteiger partial charge in [-0.25, -0.2) is 8.42 Å². The van der Waals surface area contributed by atoms with Gasteiger partial charge in [0.1, 0.15) is 6.10 Å². The van der Waals surface area contributed by atoms with Crippen LogP contribution in [-0.4, -0.2) is 62.6 Å². The fraction of sp³-hybridized carbons (Fsp3) is 0.889. The summed E-state index contributed by atoms with van der Waals surface area (Å²) in [7, 11) is -2.96. The van der Waals surface area contributed by atoms with E-state index in [4.69, 9.17) is 10.5 Å². The van der Waals surface area contributed by atoms with Crippen LogP contribution in [0.5, 0.6) is 0 Å². The van der Waals surface area contributed by atoms with Gasteiger partial charge in [-0.3, -0.25) is 4.79 Å². The van der Waals surface area contributed by atoms with E-state index in [9.17, 15) is 13.2 Å². The Labute approximate surface area is 94.6 Å². The van der Waals surface area contributed by atoms with Crippen molar-refractivity contribution in [2.24, 2.45) is 5.73 Å². The molecule has 0 aromatic rings. The van der Waals surface area contributed by atoms with Crippen molar-refractivity contribution in [2.75, 3.05) is 31.2 Å². The van der Waals surface area contributed by atoms with Crippen molar-refractivity contribution in [1.29, 1.82) is 0 Å². The molecule has 2 rings (SSSR count). The number of hydrogen-bond donors (Lipinski definition) is 1. The van der Waals surface area contributed by atoms with Crippen LogP contribution in [0.15, 0.2) is 0 Å². The number of morpholine rings is 1. The van der Waals surface area contributed by atoms with Crippen LogP contribution in [-0.2, 0) is 19.4 Å². The average Bonchev–Trinajstić information content (AvgIpc) is 2.59. The minimum atomic E-state index is -2.96. The third-order valence-corrected chi connectivity index (χ3v) is 4.82. The van der Waals surface area contributed by atoms with E-state index in [0.29, 0.717) is 19.6 Å². The number of sulfone groups is 1. The first-order valence-corrected chi connectivity index (χ1v) is 7.18. The number of nitrogens with zero attached hydrogens (tertiary/aromatic N) is 1. The number of carbonyl (C=O) groups is 1. The predicted molar refractivity (Wildman–Crippen MR) is 57.6 cm³/mol. The molecular weight excluding hydrogens is 232 g/mol. The van der Waals surface area contributed by atoms with Crippen molar-refractivity contribution in [2.45, 2.75) is 18.6 Å². The summed E-state index contributed by atoms with van der Waals surface area (Å²) in [6.07, 6.45) is -0.0668. The zero-order valence-electron chi connectivity index (χ0n) is 8.96. The molecule has 2 N–H and O–H groups in total. The summed E-state index contributed by atoms with van der Waals surface area (Å²) in [5.41, 5.74) is 5.42. The summed E-state index contributed by atoms with van der Waals surface area (Å²) in [6.45, 7) is 1.05. The maximum atomic E-state index is 11.9. The van der Waals surface area contributed by atoms with Crippen LogP contribution in [0.2, 0.25) is 0 Å². The Morgan fingerprint density at radius 3 is 2.81 bits per heavy atom. The summed E-state index contributed by atoms with van der Waals surface area (Å²) in [6, 6.07) is -0.185. The molecule has 2 heterocycles. The summed E-state index contributed by atoms with van der Waals surface area (Å²) in [4.78, 5) is 13.5. The summed E-state index contributed by atoms with van der Waals surface area (Å²) in [5, 5.41) is 0. The quantitative estimate of drug-likeness (QED) is 0.633. The molecule has 2 fully saturated rings. The van der Waals surface area contributed by atoms with E-state index in [1.807, 2.05) is 0 Å². The van der Waals surface area contributed by atoms with Crippen molar-refractivity contribution >= 4 is 15.7 Å². The Hall–Kier alpha value is -0.660. The van der Waals surface area contributed by atoms with E-state index in [2.05, 4.69) is 0 Å². The van der Waals surface area contributed by atoms with Gasteiger partial charge in [0.25, 0.3) is 5.91 Å². The van der Waals surface area contributed by atoms with Gasteiger partial charge in [0.15, 0.2) is 9.84 Å². The lowest BCUT2D eigenvalue weighted by molar-refractivity contribution is -0.154. The Bertz CT molecular complexity index is 381. The van der Waals surface area contributed by atoms with Crippen LogP contribution in [0.25, 0.3) is 0 Å². The number of nitrogens with two attached hydrogens (primary N) is 1. The van der Waals surface area contributed by atoms with Gasteiger partial charge >= 0.3 is 0 Å². The van der Waals surface area contributed by atoms with E-state index in [0.717, 1.165) is 0 Å². The van der Waals surface area contributed by atoms with Gasteiger partial charge in [0, 0.05) is 19.1 Å². The normalized spacial score (nSPS) is 34.3. The highest BCUT2D eigenvalue weighted by atomic mass is 32.2. The molecule has 0 radical (unpaired) electrons. The molecule has 16 heavy (non-hydrogen) atoms. The maximum absolute atomic E-state index is 11.9. The fourth-order valence-corrected chi connectivity index (χ4v) is 3.94. The Balaban J connectivity index is 2.07. The molecule has 0 aromatic carbocycles. The molecule has 2 saturated heterocycles. The lowest BCUT2D eigenvalue weighted by Crippen LogP contribution is -2.54. The van der Waals surface area contributed by atoms with Gasteiger partial charge in [0.05, 0.1) is 18.1 Å². The lowest BCUT2D eigenvalue weighted by Gasteiger charge is -2.35. The molecule has 0 spiro atoms. The standard InChI is InChI=1S/C9H16N2O4S/c10-5-8-9(12)11(2-3-15-8)7-1-4-16(13,14)6-7/h7-8H,1-6,10H2. The molecule has 7 heteroatoms. The molecule has 0 saturated carbocycles. The predicted octanol–water partition coefficient (Wildman–Crippen LogP) is -1.64. The molecule has 0 aromatic heterocycles. The molecule has 1 amide bonds. The van der Waals surface area contributed by atoms with Gasteiger partial charge in [-0.15, -0.1) is 0 Å². The molecule has 2 aliphatic rings. The largest absolute Gasteiger partial charge is 0.365 e. The van der Waals surface area contributed by atoms with Crippen molar-refractivity contribution in [3.8, 4) is 0 Å². The number of hydrogen-bond acceptors (Lipinski definition) is 5. The van der Waals surface area contributed by atoms with Crippen molar-refractivity contribution < 1.29 is 17.9 Å². The highest BCUT2D eigenvalue weighted by molar-refractivity contribution is 7.91. The number of amides is 1. The molecule has 0 bridgehead atoms. The molecule has 2 aliphatic heterocycles. The molecule has 0 aliphatic carbocycles. The second-order valence-electron chi connectivity index (χ2n) is 4.18. The molecule has 92 valence electrons. The monoisotopic (exact) mass is 248 g/mol. The zero-order chi connectivity index (χ0) is 11.8. The fourth-order valence-electron chi connectivity index (χ4n) is 2.21. The molecular formula is C9H16N2O4S. The molecule has 6 nitrogen and oxygen atoms in total. The number of rotatable bonds is 2. The second-order valence-corrected chi connectivity index (χ2v) is 6.41. The summed E-state index contributed by atoms with van der Waals surface area (Å²) < 4.78 is 27.9. The van der Waals surface area contributed by atoms with Crippen LogP contribution < -0.4 is 5.73 Å². The van der Waals surface area contributed by atoms with Gasteiger partial charge < -0.3 is 15.4 Å². The van der Waals surface area contributed by atoms with Crippen LogP contribution in [0.3, 0.4) is 0 Å². The topological polar surface area (TPSA) is 89.7 Å². The van der Waals surface area contributed by atoms with Gasteiger partial charge in [0.2, 0.25) is 0 Å². The first-order valence-electron chi connectivity index (χ1n) is 5.36. The number of carbonyl (C=O) groups excluding carboxylic acids is 1. The van der Waals surface area contributed by atoms with Crippen LogP contribution in [0.1, 0.15) is 6.42 Å². The van der Waals surface area contributed by atoms with Crippen LogP contribution in [0, 0.1) is 0 Å². The van der Waals surface area contributed by atoms with E-state index >= 15 is 0 Å². The van der Waals surface area contributed by atoms with Gasteiger partial charge in [-0.05, 0) is 6.42 Å². The lowest BCUT2D eigenvalue weighted by atomic mass is 10.1. The Kier molecular flexibility index (Phi) is 3.18. The second kappa shape index (κ2) is 4.31. The third-order valence-electron chi connectivity index (χ3n) is 3.07. The van der Waals surface area contributed by atoms with Crippen molar-refractivity contribution in [1.82, 2.24) is 4.90 Å². The van der Waals surface area contributed by atoms with Crippen LogP contribution >= 0.6 is 0 Å². The van der Waals surface area contributed by atoms with E-state index in [1.165, 1.54) is 0 Å². The van der Waals surface area contributed by atoms with Crippen molar-refractivity contribution in [3.63, 3.8) is 0 Å². The van der Waals surface area contributed by atoms with Gasteiger partial charge in [-0.2, -0.15) is 0 Å². The Morgan fingerprint density at radius 1 is 1.50 bits per heavy atom.